The number of halogens is 1. The fraction of sp³-hybridized carbons (Fsp3) is 0.385. The van der Waals surface area contributed by atoms with Crippen molar-refractivity contribution < 1.29 is 9.59 Å². The molecule has 1 fully saturated rings. The van der Waals surface area contributed by atoms with Gasteiger partial charge in [0.05, 0.1) is 10.6 Å². The summed E-state index contributed by atoms with van der Waals surface area (Å²) in [6, 6.07) is 4.86. The highest BCUT2D eigenvalue weighted by atomic mass is 35.5. The first-order chi connectivity index (χ1) is 9.02. The van der Waals surface area contributed by atoms with Gasteiger partial charge in [-0.05, 0) is 30.9 Å². The number of hydrogen-bond acceptors (Lipinski definition) is 3. The van der Waals surface area contributed by atoms with Gasteiger partial charge in [0, 0.05) is 18.5 Å². The lowest BCUT2D eigenvalue weighted by Gasteiger charge is -2.13. The summed E-state index contributed by atoms with van der Waals surface area (Å²) in [6.45, 7) is 0.669. The molecule has 0 aliphatic carbocycles. The molecular weight excluding hydrogens is 284 g/mol. The molecule has 1 aromatic rings. The second kappa shape index (κ2) is 5.84. The Labute approximate surface area is 121 Å². The number of amides is 2. The van der Waals surface area contributed by atoms with Crippen molar-refractivity contribution in [1.82, 2.24) is 10.2 Å². The minimum absolute atomic E-state index is 0.0505. The lowest BCUT2D eigenvalue weighted by Crippen LogP contribution is -2.40. The molecule has 0 spiro atoms. The smallest absolute Gasteiger partial charge is 0.253 e. The monoisotopic (exact) mass is 298 g/mol. The minimum atomic E-state index is -0.438. The zero-order valence-electron chi connectivity index (χ0n) is 10.8. The number of likely N-dealkylation sites (tertiary alicyclic amines) is 1. The van der Waals surface area contributed by atoms with Gasteiger partial charge in [0.1, 0.15) is 6.04 Å². The summed E-state index contributed by atoms with van der Waals surface area (Å²) in [7, 11) is 1.73. The number of carbonyl (C=O) groups excluding carboxylic acids is 2. The maximum atomic E-state index is 12.2. The molecule has 0 aromatic heterocycles. The predicted octanol–water partition coefficient (Wildman–Crippen LogP) is 2.02. The summed E-state index contributed by atoms with van der Waals surface area (Å²) in [5, 5.41) is 3.14. The van der Waals surface area contributed by atoms with Crippen LogP contribution in [0, 0.1) is 0 Å². The van der Waals surface area contributed by atoms with Crippen molar-refractivity contribution in [2.45, 2.75) is 17.4 Å². The van der Waals surface area contributed by atoms with Crippen LogP contribution in [0.3, 0.4) is 0 Å². The van der Waals surface area contributed by atoms with E-state index in [1.165, 1.54) is 11.8 Å². The van der Waals surface area contributed by atoms with Crippen LogP contribution >= 0.6 is 23.4 Å². The second-order valence-electron chi connectivity index (χ2n) is 4.42. The number of thioether (sulfide) groups is 1. The molecule has 0 saturated carbocycles. The van der Waals surface area contributed by atoms with E-state index < -0.39 is 6.04 Å². The quantitative estimate of drug-likeness (QED) is 0.869. The summed E-state index contributed by atoms with van der Waals surface area (Å²) in [5.74, 6) is -0.347. The zero-order chi connectivity index (χ0) is 14.0. The van der Waals surface area contributed by atoms with E-state index in [1.807, 2.05) is 12.3 Å². The van der Waals surface area contributed by atoms with E-state index in [-0.39, 0.29) is 11.8 Å². The molecule has 0 radical (unpaired) electrons. The molecule has 2 amide bonds. The molecule has 2 rings (SSSR count). The summed E-state index contributed by atoms with van der Waals surface area (Å²) >= 11 is 7.57. The standard InChI is InChI=1S/C13H15ClN2O2S/c1-16-6-5-11(13(16)18)15-12(17)9-7-8(19-2)3-4-10(9)14/h3-4,7,11H,5-6H2,1-2H3,(H,15,17)/t11-/m1/s1. The molecule has 1 aromatic carbocycles. The Hall–Kier alpha value is -1.20. The van der Waals surface area contributed by atoms with Crippen molar-refractivity contribution in [1.29, 1.82) is 0 Å². The van der Waals surface area contributed by atoms with E-state index in [4.69, 9.17) is 11.6 Å². The van der Waals surface area contributed by atoms with Gasteiger partial charge in [-0.2, -0.15) is 0 Å². The SMILES string of the molecule is CSc1ccc(Cl)c(C(=O)N[C@@H]2CCN(C)C2=O)c1. The number of hydrogen-bond donors (Lipinski definition) is 1. The molecule has 0 unspecified atom stereocenters. The lowest BCUT2D eigenvalue weighted by molar-refractivity contribution is -0.128. The van der Waals surface area contributed by atoms with E-state index in [2.05, 4.69) is 5.32 Å². The Kier molecular flexibility index (Phi) is 4.37. The normalized spacial score (nSPS) is 18.8. The molecule has 1 saturated heterocycles. The van der Waals surface area contributed by atoms with Gasteiger partial charge in [0.15, 0.2) is 0 Å². The molecule has 6 heteroatoms. The lowest BCUT2D eigenvalue weighted by atomic mass is 10.2. The van der Waals surface area contributed by atoms with Crippen LogP contribution in [0.4, 0.5) is 0 Å². The highest BCUT2D eigenvalue weighted by molar-refractivity contribution is 7.98. The Morgan fingerprint density at radius 2 is 2.26 bits per heavy atom. The second-order valence-corrected chi connectivity index (χ2v) is 5.71. The van der Waals surface area contributed by atoms with Gasteiger partial charge >= 0.3 is 0 Å². The molecular formula is C13H15ClN2O2S. The van der Waals surface area contributed by atoms with Crippen LogP contribution in [0.1, 0.15) is 16.8 Å². The molecule has 1 N–H and O–H groups in total. The Bertz CT molecular complexity index is 521. The first-order valence-electron chi connectivity index (χ1n) is 5.92. The molecule has 1 atom stereocenters. The third-order valence-electron chi connectivity index (χ3n) is 3.15. The van der Waals surface area contributed by atoms with Crippen LogP contribution < -0.4 is 5.32 Å². The van der Waals surface area contributed by atoms with E-state index in [9.17, 15) is 9.59 Å². The number of likely N-dealkylation sites (N-methyl/N-ethyl adjacent to an activating group) is 1. The molecule has 1 heterocycles. The summed E-state index contributed by atoms with van der Waals surface area (Å²) in [5.41, 5.74) is 0.413. The van der Waals surface area contributed by atoms with E-state index >= 15 is 0 Å². The van der Waals surface area contributed by atoms with Crippen LogP contribution in [-0.4, -0.2) is 42.6 Å². The van der Waals surface area contributed by atoms with E-state index in [0.717, 1.165) is 4.90 Å². The van der Waals surface area contributed by atoms with Crippen LogP contribution in [-0.2, 0) is 4.79 Å². The predicted molar refractivity (Wildman–Crippen MR) is 76.7 cm³/mol. The Morgan fingerprint density at radius 3 is 2.84 bits per heavy atom. The van der Waals surface area contributed by atoms with E-state index in [1.54, 1.807) is 24.1 Å². The molecule has 1 aliphatic heterocycles. The van der Waals surface area contributed by atoms with Gasteiger partial charge < -0.3 is 10.2 Å². The minimum Gasteiger partial charge on any atom is -0.344 e. The van der Waals surface area contributed by atoms with Gasteiger partial charge in [-0.15, -0.1) is 11.8 Å². The molecule has 19 heavy (non-hydrogen) atoms. The van der Waals surface area contributed by atoms with Gasteiger partial charge in [0.2, 0.25) is 5.91 Å². The van der Waals surface area contributed by atoms with Crippen molar-refractivity contribution in [3.05, 3.63) is 28.8 Å². The number of rotatable bonds is 3. The topological polar surface area (TPSA) is 49.4 Å². The first-order valence-corrected chi connectivity index (χ1v) is 7.52. The van der Waals surface area contributed by atoms with Crippen LogP contribution in [0.25, 0.3) is 0 Å². The maximum absolute atomic E-state index is 12.2. The number of nitrogens with zero attached hydrogens (tertiary/aromatic N) is 1. The van der Waals surface area contributed by atoms with Crippen molar-refractivity contribution in [3.63, 3.8) is 0 Å². The number of nitrogens with one attached hydrogen (secondary N) is 1. The highest BCUT2D eigenvalue weighted by Crippen LogP contribution is 2.23. The van der Waals surface area contributed by atoms with E-state index in [0.29, 0.717) is 23.6 Å². The number of carbonyl (C=O) groups is 2. The van der Waals surface area contributed by atoms with Gasteiger partial charge in [0.25, 0.3) is 5.91 Å². The van der Waals surface area contributed by atoms with Gasteiger partial charge in [-0.25, -0.2) is 0 Å². The average Bonchev–Trinajstić information content (AvgIpc) is 2.71. The third kappa shape index (κ3) is 3.04. The average molecular weight is 299 g/mol. The molecule has 4 nitrogen and oxygen atoms in total. The van der Waals surface area contributed by atoms with Crippen molar-refractivity contribution >= 4 is 35.2 Å². The van der Waals surface area contributed by atoms with Gasteiger partial charge in [-0.3, -0.25) is 9.59 Å². The van der Waals surface area contributed by atoms with Crippen LogP contribution in [0.5, 0.6) is 0 Å². The highest BCUT2D eigenvalue weighted by Gasteiger charge is 2.30. The fourth-order valence-corrected chi connectivity index (χ4v) is 2.64. The van der Waals surface area contributed by atoms with Crippen molar-refractivity contribution in [2.24, 2.45) is 0 Å². The Morgan fingerprint density at radius 1 is 1.53 bits per heavy atom. The molecule has 0 bridgehead atoms. The molecule has 1 aliphatic rings. The third-order valence-corrected chi connectivity index (χ3v) is 4.21. The zero-order valence-corrected chi connectivity index (χ0v) is 12.3. The first kappa shape index (κ1) is 14.2. The summed E-state index contributed by atoms with van der Waals surface area (Å²) in [4.78, 5) is 26.5. The molecule has 102 valence electrons. The van der Waals surface area contributed by atoms with Crippen molar-refractivity contribution in [2.75, 3.05) is 19.8 Å². The van der Waals surface area contributed by atoms with Crippen LogP contribution in [0.2, 0.25) is 5.02 Å². The van der Waals surface area contributed by atoms with Gasteiger partial charge in [-0.1, -0.05) is 11.6 Å². The van der Waals surface area contributed by atoms with Crippen LogP contribution in [0.15, 0.2) is 23.1 Å². The maximum Gasteiger partial charge on any atom is 0.253 e. The summed E-state index contributed by atoms with van der Waals surface area (Å²) in [6.07, 6.45) is 2.57. The Balaban J connectivity index is 2.14. The summed E-state index contributed by atoms with van der Waals surface area (Å²) < 4.78 is 0. The number of benzene rings is 1. The fourth-order valence-electron chi connectivity index (χ4n) is 2.00. The van der Waals surface area contributed by atoms with Crippen molar-refractivity contribution in [3.8, 4) is 0 Å². The largest absolute Gasteiger partial charge is 0.344 e.